The van der Waals surface area contributed by atoms with Crippen molar-refractivity contribution in [3.8, 4) is 0 Å². The summed E-state index contributed by atoms with van der Waals surface area (Å²) in [6, 6.07) is 14.7. The fourth-order valence-corrected chi connectivity index (χ4v) is 4.97. The van der Waals surface area contributed by atoms with Gasteiger partial charge in [-0.25, -0.2) is 18.4 Å². The van der Waals surface area contributed by atoms with Crippen LogP contribution in [0.2, 0.25) is 0 Å². The largest absolute Gasteiger partial charge is 0.393 e. The Morgan fingerprint density at radius 2 is 1.66 bits per heavy atom. The first-order chi connectivity index (χ1) is 15.3. The van der Waals surface area contributed by atoms with Gasteiger partial charge in [-0.3, -0.25) is 0 Å². The molecule has 0 aliphatic rings. The highest BCUT2D eigenvalue weighted by Crippen LogP contribution is 2.33. The molecule has 0 atom stereocenters. The first-order valence-electron chi connectivity index (χ1n) is 10.6. The number of benzene rings is 2. The summed E-state index contributed by atoms with van der Waals surface area (Å²) in [5.74, 6) is 1.07. The molecule has 3 N–H and O–H groups in total. The van der Waals surface area contributed by atoms with Crippen molar-refractivity contribution in [1.29, 1.82) is 0 Å². The van der Waals surface area contributed by atoms with Gasteiger partial charge < -0.3 is 16.0 Å². The van der Waals surface area contributed by atoms with Gasteiger partial charge in [-0.1, -0.05) is 26.0 Å². The van der Waals surface area contributed by atoms with E-state index >= 15 is 0 Å². The van der Waals surface area contributed by atoms with Crippen LogP contribution in [0.25, 0.3) is 0 Å². The van der Waals surface area contributed by atoms with Crippen LogP contribution >= 0.6 is 0 Å². The van der Waals surface area contributed by atoms with Gasteiger partial charge in [0.15, 0.2) is 11.6 Å². The quantitative estimate of drug-likeness (QED) is 0.497. The van der Waals surface area contributed by atoms with Gasteiger partial charge in [0.1, 0.15) is 12.0 Å². The van der Waals surface area contributed by atoms with Crippen LogP contribution in [0.1, 0.15) is 26.3 Å². The zero-order valence-corrected chi connectivity index (χ0v) is 19.7. The van der Waals surface area contributed by atoms with Crippen molar-refractivity contribution < 1.29 is 8.42 Å². The number of sulfonamides is 1. The van der Waals surface area contributed by atoms with Crippen molar-refractivity contribution in [2.24, 2.45) is 0 Å². The van der Waals surface area contributed by atoms with Crippen LogP contribution in [0.15, 0.2) is 59.8 Å². The number of anilines is 5. The molecule has 3 aromatic rings. The van der Waals surface area contributed by atoms with Crippen LogP contribution in [0.5, 0.6) is 0 Å². The molecule has 170 valence electrons. The zero-order valence-electron chi connectivity index (χ0n) is 18.9. The third-order valence-corrected chi connectivity index (χ3v) is 7.27. The van der Waals surface area contributed by atoms with Gasteiger partial charge in [-0.2, -0.15) is 4.31 Å². The number of nitrogen functional groups attached to an aromatic ring is 1. The predicted octanol–water partition coefficient (Wildman–Crippen LogP) is 4.30. The van der Waals surface area contributed by atoms with Crippen molar-refractivity contribution in [2.75, 3.05) is 35.6 Å². The van der Waals surface area contributed by atoms with E-state index < -0.39 is 10.0 Å². The molecule has 32 heavy (non-hydrogen) atoms. The van der Waals surface area contributed by atoms with E-state index in [2.05, 4.69) is 21.4 Å². The lowest BCUT2D eigenvalue weighted by molar-refractivity contribution is 0.445. The van der Waals surface area contributed by atoms with E-state index in [1.54, 1.807) is 24.3 Å². The predicted molar refractivity (Wildman–Crippen MR) is 130 cm³/mol. The van der Waals surface area contributed by atoms with Gasteiger partial charge in [0, 0.05) is 31.0 Å². The summed E-state index contributed by atoms with van der Waals surface area (Å²) in [5.41, 5.74) is 9.66. The number of nitrogens with one attached hydrogen (secondary N) is 1. The van der Waals surface area contributed by atoms with Crippen LogP contribution in [-0.2, 0) is 10.0 Å². The molecule has 1 heterocycles. The number of aryl methyl sites for hydroxylation is 1. The van der Waals surface area contributed by atoms with Crippen LogP contribution in [0, 0.1) is 6.92 Å². The lowest BCUT2D eigenvalue weighted by atomic mass is 10.2. The Balaban J connectivity index is 1.88. The van der Waals surface area contributed by atoms with E-state index in [1.165, 1.54) is 10.6 Å². The molecular formula is C23H30N6O2S. The Hall–Kier alpha value is -3.17. The lowest BCUT2D eigenvalue weighted by Gasteiger charge is -2.24. The minimum absolute atomic E-state index is 0.250. The van der Waals surface area contributed by atoms with Crippen molar-refractivity contribution in [2.45, 2.75) is 32.6 Å². The van der Waals surface area contributed by atoms with Gasteiger partial charge >= 0.3 is 0 Å². The molecule has 0 radical (unpaired) electrons. The number of nitrogens with zero attached hydrogens (tertiary/aromatic N) is 4. The van der Waals surface area contributed by atoms with E-state index in [-0.39, 0.29) is 4.90 Å². The molecule has 3 rings (SSSR count). The summed E-state index contributed by atoms with van der Waals surface area (Å²) in [4.78, 5) is 11.0. The van der Waals surface area contributed by atoms with Crippen molar-refractivity contribution in [3.63, 3.8) is 0 Å². The molecule has 8 nitrogen and oxygen atoms in total. The average Bonchev–Trinajstić information content (AvgIpc) is 2.78. The van der Waals surface area contributed by atoms with Crippen molar-refractivity contribution >= 4 is 38.7 Å². The molecule has 0 unspecified atom stereocenters. The maximum Gasteiger partial charge on any atom is 0.243 e. The highest BCUT2D eigenvalue weighted by atomic mass is 32.2. The molecule has 0 aliphatic carbocycles. The minimum atomic E-state index is -3.51. The summed E-state index contributed by atoms with van der Waals surface area (Å²) in [6.45, 7) is 9.25. The molecule has 0 saturated heterocycles. The second-order valence-electron chi connectivity index (χ2n) is 7.28. The van der Waals surface area contributed by atoms with Crippen molar-refractivity contribution in [3.05, 3.63) is 60.4 Å². The first-order valence-corrected chi connectivity index (χ1v) is 12.1. The fourth-order valence-electron chi connectivity index (χ4n) is 3.51. The molecule has 9 heteroatoms. The van der Waals surface area contributed by atoms with E-state index in [4.69, 9.17) is 5.73 Å². The van der Waals surface area contributed by atoms with Gasteiger partial charge in [0.2, 0.25) is 10.0 Å². The summed E-state index contributed by atoms with van der Waals surface area (Å²) < 4.78 is 26.8. The second kappa shape index (κ2) is 9.97. The van der Waals surface area contributed by atoms with Gasteiger partial charge in [-0.05, 0) is 55.8 Å². The molecule has 0 saturated carbocycles. The van der Waals surface area contributed by atoms with E-state index in [1.807, 2.05) is 50.8 Å². The summed E-state index contributed by atoms with van der Waals surface area (Å²) >= 11 is 0. The Kier molecular flexibility index (Phi) is 7.32. The molecular weight excluding hydrogens is 424 g/mol. The maximum absolute atomic E-state index is 12.7. The standard InChI is InChI=1S/C23H30N6O2S/c1-5-28(6-2)32(30,31)20-13-11-18(12-14-20)27-22-21(24)23(26-16-25-22)29(7-3)19-10-8-9-17(4)15-19/h8-16H,5-7,24H2,1-4H3,(H,25,26,27). The van der Waals surface area contributed by atoms with E-state index in [0.717, 1.165) is 11.3 Å². The SMILES string of the molecule is CCN(c1cccc(C)c1)c1ncnc(Nc2ccc(S(=O)(=O)N(CC)CC)cc2)c1N. The van der Waals surface area contributed by atoms with Gasteiger partial charge in [0.25, 0.3) is 0 Å². The number of rotatable bonds is 9. The monoisotopic (exact) mass is 454 g/mol. The highest BCUT2D eigenvalue weighted by molar-refractivity contribution is 7.89. The Morgan fingerprint density at radius 3 is 2.25 bits per heavy atom. The molecule has 0 amide bonds. The smallest absolute Gasteiger partial charge is 0.243 e. The maximum atomic E-state index is 12.7. The fraction of sp³-hybridized carbons (Fsp3) is 0.304. The Bertz CT molecular complexity index is 1160. The molecule has 0 bridgehead atoms. The molecule has 0 fully saturated rings. The average molecular weight is 455 g/mol. The number of nitrogens with two attached hydrogens (primary N) is 1. The Morgan fingerprint density at radius 1 is 0.969 bits per heavy atom. The van der Waals surface area contributed by atoms with Crippen molar-refractivity contribution in [1.82, 2.24) is 14.3 Å². The third kappa shape index (κ3) is 4.84. The number of aromatic nitrogens is 2. The van der Waals surface area contributed by atoms with E-state index in [9.17, 15) is 8.42 Å². The molecule has 1 aromatic heterocycles. The van der Waals surface area contributed by atoms with Crippen LogP contribution < -0.4 is 16.0 Å². The highest BCUT2D eigenvalue weighted by Gasteiger charge is 2.21. The second-order valence-corrected chi connectivity index (χ2v) is 9.22. The normalized spacial score (nSPS) is 11.5. The molecule has 0 spiro atoms. The Labute approximate surface area is 190 Å². The third-order valence-electron chi connectivity index (χ3n) is 5.21. The topological polar surface area (TPSA) is 104 Å². The van der Waals surface area contributed by atoms with Crippen LogP contribution in [0.4, 0.5) is 28.7 Å². The van der Waals surface area contributed by atoms with Gasteiger partial charge in [0.05, 0.1) is 4.90 Å². The number of hydrogen-bond acceptors (Lipinski definition) is 7. The summed E-state index contributed by atoms with van der Waals surface area (Å²) in [5, 5.41) is 3.18. The number of hydrogen-bond donors (Lipinski definition) is 2. The van der Waals surface area contributed by atoms with Crippen LogP contribution in [-0.4, -0.2) is 42.3 Å². The first kappa shape index (κ1) is 23.5. The molecule has 0 aliphatic heterocycles. The summed E-state index contributed by atoms with van der Waals surface area (Å²) in [6.07, 6.45) is 1.46. The molecule has 2 aromatic carbocycles. The lowest BCUT2D eigenvalue weighted by Crippen LogP contribution is -2.30. The minimum Gasteiger partial charge on any atom is -0.393 e. The van der Waals surface area contributed by atoms with Gasteiger partial charge in [-0.15, -0.1) is 0 Å². The van der Waals surface area contributed by atoms with E-state index in [0.29, 0.717) is 42.6 Å². The van der Waals surface area contributed by atoms with Crippen LogP contribution in [0.3, 0.4) is 0 Å². The summed E-state index contributed by atoms with van der Waals surface area (Å²) in [7, 11) is -3.51. The zero-order chi connectivity index (χ0) is 23.3.